The average Bonchev–Trinajstić information content (AvgIpc) is 3.48. The third kappa shape index (κ3) is 3.97. The predicted molar refractivity (Wildman–Crippen MR) is 131 cm³/mol. The number of hydrogen-bond donors (Lipinski definition) is 2. The molecule has 2 aliphatic heterocycles. The van der Waals surface area contributed by atoms with E-state index in [0.29, 0.717) is 42.3 Å². The number of ether oxygens (including phenoxy) is 1. The summed E-state index contributed by atoms with van der Waals surface area (Å²) >= 11 is 6.51. The van der Waals surface area contributed by atoms with Gasteiger partial charge in [0, 0.05) is 24.4 Å². The first kappa shape index (κ1) is 21.9. The zero-order valence-electron chi connectivity index (χ0n) is 19.5. The van der Waals surface area contributed by atoms with Crippen molar-refractivity contribution in [3.8, 4) is 0 Å². The number of nitrogens with zero attached hydrogens (tertiary/aromatic N) is 5. The lowest BCUT2D eigenvalue weighted by molar-refractivity contribution is -0.576. The SMILES string of the molecule is Cc1cc2cnc(Nc3cnn(C4CC4)c3Cl)nc2cc1C1CC[N+](=C2COCC2O)C(C)C1. The highest BCUT2D eigenvalue weighted by Crippen LogP contribution is 2.39. The molecule has 3 aliphatic rings. The Kier molecular flexibility index (Phi) is 5.54. The first-order valence-electron chi connectivity index (χ1n) is 12.1. The zero-order valence-corrected chi connectivity index (χ0v) is 20.3. The number of fused-ring (bicyclic) bond motifs is 1. The van der Waals surface area contributed by atoms with Crippen LogP contribution in [0, 0.1) is 6.92 Å². The maximum absolute atomic E-state index is 10.2. The van der Waals surface area contributed by atoms with Gasteiger partial charge in [-0.3, -0.25) is 0 Å². The largest absolute Gasteiger partial charge is 0.380 e. The Morgan fingerprint density at radius 3 is 2.82 bits per heavy atom. The van der Waals surface area contributed by atoms with Crippen LogP contribution in [0.15, 0.2) is 24.5 Å². The number of aryl methyl sites for hydroxylation is 1. The van der Waals surface area contributed by atoms with Gasteiger partial charge in [0.1, 0.15) is 13.2 Å². The summed E-state index contributed by atoms with van der Waals surface area (Å²) in [5, 5.41) is 19.5. The average molecular weight is 482 g/mol. The minimum atomic E-state index is -0.464. The van der Waals surface area contributed by atoms with E-state index in [2.05, 4.69) is 46.0 Å². The van der Waals surface area contributed by atoms with Gasteiger partial charge >= 0.3 is 0 Å². The monoisotopic (exact) mass is 481 g/mol. The fourth-order valence-electron chi connectivity index (χ4n) is 5.46. The van der Waals surface area contributed by atoms with E-state index in [4.69, 9.17) is 21.3 Å². The van der Waals surface area contributed by atoms with E-state index in [1.54, 1.807) is 6.20 Å². The molecular weight excluding hydrogens is 452 g/mol. The number of hydrogen-bond acceptors (Lipinski definition) is 6. The van der Waals surface area contributed by atoms with Crippen molar-refractivity contribution in [1.29, 1.82) is 0 Å². The summed E-state index contributed by atoms with van der Waals surface area (Å²) in [5.74, 6) is 0.975. The van der Waals surface area contributed by atoms with Gasteiger partial charge in [-0.1, -0.05) is 11.6 Å². The summed E-state index contributed by atoms with van der Waals surface area (Å²) in [5.41, 5.74) is 5.31. The lowest BCUT2D eigenvalue weighted by Crippen LogP contribution is -2.40. The van der Waals surface area contributed by atoms with Crippen LogP contribution in [0.5, 0.6) is 0 Å². The maximum atomic E-state index is 10.2. The minimum Gasteiger partial charge on any atom is -0.380 e. The molecule has 2 aromatic heterocycles. The molecule has 6 rings (SSSR count). The molecule has 3 atom stereocenters. The number of piperidine rings is 1. The van der Waals surface area contributed by atoms with Crippen LogP contribution in [0.1, 0.15) is 55.7 Å². The molecule has 2 N–H and O–H groups in total. The molecule has 9 heteroatoms. The van der Waals surface area contributed by atoms with Gasteiger partial charge in [0.25, 0.3) is 0 Å². The molecule has 1 saturated carbocycles. The van der Waals surface area contributed by atoms with Gasteiger partial charge < -0.3 is 15.2 Å². The number of aliphatic hydroxyl groups is 1. The number of nitrogens with one attached hydrogen (secondary N) is 1. The van der Waals surface area contributed by atoms with E-state index in [-0.39, 0.29) is 0 Å². The summed E-state index contributed by atoms with van der Waals surface area (Å²) in [6.45, 7) is 6.30. The number of rotatable bonds is 4. The third-order valence-corrected chi connectivity index (χ3v) is 7.81. The Morgan fingerprint density at radius 1 is 1.24 bits per heavy atom. The molecule has 0 spiro atoms. The fourth-order valence-corrected chi connectivity index (χ4v) is 5.74. The molecule has 1 aliphatic carbocycles. The quantitative estimate of drug-likeness (QED) is 0.548. The molecule has 0 amide bonds. The predicted octanol–water partition coefficient (Wildman–Crippen LogP) is 3.98. The number of anilines is 2. The summed E-state index contributed by atoms with van der Waals surface area (Å²) < 4.78 is 9.68. The van der Waals surface area contributed by atoms with E-state index >= 15 is 0 Å². The second-order valence-electron chi connectivity index (χ2n) is 9.90. The van der Waals surface area contributed by atoms with E-state index in [1.807, 2.05) is 10.9 Å². The van der Waals surface area contributed by atoms with Crippen molar-refractivity contribution in [3.63, 3.8) is 0 Å². The summed E-state index contributed by atoms with van der Waals surface area (Å²) in [6.07, 6.45) is 7.47. The van der Waals surface area contributed by atoms with Gasteiger partial charge in [-0.05, 0) is 55.9 Å². The first-order chi connectivity index (χ1) is 16.5. The van der Waals surface area contributed by atoms with Gasteiger partial charge in [0.05, 0.1) is 30.0 Å². The molecule has 0 radical (unpaired) electrons. The number of benzene rings is 1. The van der Waals surface area contributed by atoms with E-state index < -0.39 is 6.10 Å². The standard InChI is InChI=1S/C25H30ClN6O2/c1-14-7-17-10-27-25(30-21-11-28-32(24(21)26)18-3-4-18)29-20(17)9-19(14)16-5-6-31(15(2)8-16)22-12-34-13-23(22)33/h7,9-11,15-16,18,23,33H,3-6,8,12-13H2,1-2H3,(H,27,29,30)/q+1. The number of aliphatic hydroxyl groups excluding tert-OH is 1. The molecule has 4 heterocycles. The zero-order chi connectivity index (χ0) is 23.4. The van der Waals surface area contributed by atoms with Crippen LogP contribution in [-0.4, -0.2) is 67.0 Å². The Morgan fingerprint density at radius 2 is 2.09 bits per heavy atom. The van der Waals surface area contributed by atoms with Crippen molar-refractivity contribution in [2.45, 2.75) is 63.6 Å². The maximum Gasteiger partial charge on any atom is 0.227 e. The van der Waals surface area contributed by atoms with Crippen LogP contribution in [0.25, 0.3) is 10.9 Å². The van der Waals surface area contributed by atoms with E-state index in [1.165, 1.54) is 11.1 Å². The van der Waals surface area contributed by atoms with Crippen molar-refractivity contribution in [2.75, 3.05) is 25.1 Å². The first-order valence-corrected chi connectivity index (χ1v) is 12.5. The van der Waals surface area contributed by atoms with Crippen molar-refractivity contribution < 1.29 is 14.4 Å². The van der Waals surface area contributed by atoms with E-state index in [9.17, 15) is 5.11 Å². The lowest BCUT2D eigenvalue weighted by atomic mass is 9.83. The Bertz CT molecular complexity index is 1280. The molecule has 3 fully saturated rings. The van der Waals surface area contributed by atoms with Gasteiger partial charge in [-0.2, -0.15) is 5.10 Å². The fraction of sp³-hybridized carbons (Fsp3) is 0.520. The van der Waals surface area contributed by atoms with Crippen molar-refractivity contribution in [1.82, 2.24) is 19.7 Å². The third-order valence-electron chi connectivity index (χ3n) is 7.44. The van der Waals surface area contributed by atoms with Crippen LogP contribution in [0.2, 0.25) is 5.15 Å². The van der Waals surface area contributed by atoms with Gasteiger partial charge in [-0.25, -0.2) is 19.2 Å². The highest BCUT2D eigenvalue weighted by molar-refractivity contribution is 6.32. The second kappa shape index (κ2) is 8.59. The van der Waals surface area contributed by atoms with Crippen LogP contribution in [-0.2, 0) is 4.74 Å². The topological polar surface area (TPSA) is 88.1 Å². The normalized spacial score (nSPS) is 27.5. The summed E-state index contributed by atoms with van der Waals surface area (Å²) in [7, 11) is 0. The molecule has 2 saturated heterocycles. The Hall–Kier alpha value is -2.55. The van der Waals surface area contributed by atoms with Crippen LogP contribution in [0.3, 0.4) is 0 Å². The molecule has 3 unspecified atom stereocenters. The van der Waals surface area contributed by atoms with Crippen LogP contribution in [0.4, 0.5) is 11.6 Å². The molecule has 3 aromatic rings. The molecule has 0 bridgehead atoms. The van der Waals surface area contributed by atoms with Gasteiger partial charge in [-0.15, -0.1) is 0 Å². The highest BCUT2D eigenvalue weighted by Gasteiger charge is 2.37. The van der Waals surface area contributed by atoms with Crippen molar-refractivity contribution in [3.05, 3.63) is 40.8 Å². The molecule has 34 heavy (non-hydrogen) atoms. The van der Waals surface area contributed by atoms with Crippen molar-refractivity contribution in [2.24, 2.45) is 0 Å². The van der Waals surface area contributed by atoms with Crippen LogP contribution < -0.4 is 5.32 Å². The summed E-state index contributed by atoms with van der Waals surface area (Å²) in [4.78, 5) is 9.31. The van der Waals surface area contributed by atoms with E-state index in [0.717, 1.165) is 54.5 Å². The lowest BCUT2D eigenvalue weighted by Gasteiger charge is -2.28. The number of aromatic nitrogens is 4. The summed E-state index contributed by atoms with van der Waals surface area (Å²) in [6, 6.07) is 5.18. The van der Waals surface area contributed by atoms with Gasteiger partial charge in [0.2, 0.25) is 11.7 Å². The van der Waals surface area contributed by atoms with Gasteiger partial charge in [0.15, 0.2) is 17.3 Å². The molecular formula is C25H30ClN6O2+. The van der Waals surface area contributed by atoms with Crippen LogP contribution >= 0.6 is 11.6 Å². The number of halogens is 1. The minimum absolute atomic E-state index is 0.355. The molecule has 8 nitrogen and oxygen atoms in total. The smallest absolute Gasteiger partial charge is 0.227 e. The Labute approximate surface area is 203 Å². The second-order valence-corrected chi connectivity index (χ2v) is 10.3. The molecule has 1 aromatic carbocycles. The molecule has 178 valence electrons. The highest BCUT2D eigenvalue weighted by atomic mass is 35.5. The Balaban J connectivity index is 1.25. The van der Waals surface area contributed by atoms with Crippen molar-refractivity contribution >= 4 is 39.9 Å².